The molecule has 0 bridgehead atoms. The molecule has 1 aromatic heterocycles. The van der Waals surface area contributed by atoms with Gasteiger partial charge >= 0.3 is 5.97 Å². The molecule has 34 heavy (non-hydrogen) atoms. The van der Waals surface area contributed by atoms with Gasteiger partial charge in [-0.15, -0.1) is 0 Å². The molecule has 0 aliphatic rings. The number of carboxylic acid groups (broad SMARTS) is 1. The first kappa shape index (κ1) is 23.6. The summed E-state index contributed by atoms with van der Waals surface area (Å²) in [5, 5.41) is 10.4. The Bertz CT molecular complexity index is 1480. The highest BCUT2D eigenvalue weighted by molar-refractivity contribution is 7.92. The molecule has 6 nitrogen and oxygen atoms in total. The van der Waals surface area contributed by atoms with E-state index in [1.165, 1.54) is 0 Å². The fourth-order valence-corrected chi connectivity index (χ4v) is 5.06. The number of H-pyrrole nitrogens is 1. The van der Waals surface area contributed by atoms with Crippen LogP contribution in [-0.4, -0.2) is 24.5 Å². The minimum atomic E-state index is -3.82. The van der Waals surface area contributed by atoms with Gasteiger partial charge in [-0.2, -0.15) is 0 Å². The molecule has 0 saturated heterocycles. The number of nitrogens with one attached hydrogen (secondary N) is 2. The van der Waals surface area contributed by atoms with E-state index in [1.807, 2.05) is 43.3 Å². The van der Waals surface area contributed by atoms with E-state index in [4.69, 9.17) is 0 Å². The Morgan fingerprint density at radius 3 is 2.32 bits per heavy atom. The van der Waals surface area contributed by atoms with Gasteiger partial charge in [0.2, 0.25) is 0 Å². The summed E-state index contributed by atoms with van der Waals surface area (Å²) in [6, 6.07) is 19.5. The summed E-state index contributed by atoms with van der Waals surface area (Å²) in [7, 11) is -3.82. The van der Waals surface area contributed by atoms with E-state index in [2.05, 4.69) is 30.5 Å². The second kappa shape index (κ2) is 8.65. The standard InChI is InChI=1S/C27H28N2O4S/c1-5-17-7-6-8-18(15-17)24-22-16-20(11-14-23(22)28-25(24)26(30)31)29-34(32,33)21-12-9-19(10-13-21)27(2,3)4/h6-16,28-29H,5H2,1-4H3,(H,30,31). The van der Waals surface area contributed by atoms with Crippen LogP contribution in [0.15, 0.2) is 71.6 Å². The molecule has 0 spiro atoms. The summed E-state index contributed by atoms with van der Waals surface area (Å²) in [4.78, 5) is 15.1. The van der Waals surface area contributed by atoms with Crippen molar-refractivity contribution >= 4 is 32.6 Å². The molecule has 7 heteroatoms. The molecule has 0 atom stereocenters. The van der Waals surface area contributed by atoms with Gasteiger partial charge in [-0.3, -0.25) is 4.72 Å². The van der Waals surface area contributed by atoms with Crippen molar-refractivity contribution in [2.45, 2.75) is 44.4 Å². The first-order chi connectivity index (χ1) is 16.0. The minimum absolute atomic E-state index is 0.0704. The number of benzene rings is 3. The van der Waals surface area contributed by atoms with Gasteiger partial charge in [-0.25, -0.2) is 13.2 Å². The van der Waals surface area contributed by atoms with E-state index < -0.39 is 16.0 Å². The molecule has 0 aliphatic carbocycles. The number of aromatic amines is 1. The third-order valence-corrected chi connectivity index (χ3v) is 7.32. The maximum Gasteiger partial charge on any atom is 0.352 e. The lowest BCUT2D eigenvalue weighted by Crippen LogP contribution is -2.14. The number of aryl methyl sites for hydroxylation is 1. The fourth-order valence-electron chi connectivity index (χ4n) is 4.01. The maximum atomic E-state index is 13.0. The molecule has 0 fully saturated rings. The van der Waals surface area contributed by atoms with Crippen molar-refractivity contribution in [2.75, 3.05) is 4.72 Å². The molecule has 0 unspecified atom stereocenters. The summed E-state index contributed by atoms with van der Waals surface area (Å²) in [6.07, 6.45) is 0.817. The van der Waals surface area contributed by atoms with E-state index in [1.54, 1.807) is 30.3 Å². The number of hydrogen-bond donors (Lipinski definition) is 3. The number of aromatic carboxylic acids is 1. The van der Waals surface area contributed by atoms with Gasteiger partial charge in [0.25, 0.3) is 10.0 Å². The Morgan fingerprint density at radius 1 is 1.00 bits per heavy atom. The highest BCUT2D eigenvalue weighted by Gasteiger charge is 2.21. The SMILES string of the molecule is CCc1cccc(-c2c(C(=O)O)[nH]c3ccc(NS(=O)(=O)c4ccc(C(C)(C)C)cc4)cc23)c1. The lowest BCUT2D eigenvalue weighted by atomic mass is 9.87. The number of aromatic nitrogens is 1. The Hall–Kier alpha value is -3.58. The third kappa shape index (κ3) is 4.56. The molecule has 1 heterocycles. The van der Waals surface area contributed by atoms with E-state index in [0.717, 1.165) is 23.1 Å². The Morgan fingerprint density at radius 2 is 1.71 bits per heavy atom. The smallest absolute Gasteiger partial charge is 0.352 e. The molecule has 176 valence electrons. The first-order valence-corrected chi connectivity index (χ1v) is 12.6. The Balaban J connectivity index is 1.77. The maximum absolute atomic E-state index is 13.0. The Labute approximate surface area is 199 Å². The molecule has 3 N–H and O–H groups in total. The molecule has 4 aromatic rings. The lowest BCUT2D eigenvalue weighted by molar-refractivity contribution is 0.0692. The second-order valence-electron chi connectivity index (χ2n) is 9.37. The number of carbonyl (C=O) groups is 1. The highest BCUT2D eigenvalue weighted by atomic mass is 32.2. The molecular formula is C27H28N2O4S. The highest BCUT2D eigenvalue weighted by Crippen LogP contribution is 2.35. The van der Waals surface area contributed by atoms with Crippen LogP contribution in [-0.2, 0) is 21.9 Å². The zero-order valence-corrected chi connectivity index (χ0v) is 20.5. The predicted octanol–water partition coefficient (Wildman–Crippen LogP) is 6.19. The molecule has 4 rings (SSSR count). The zero-order valence-electron chi connectivity index (χ0n) is 19.6. The van der Waals surface area contributed by atoms with Gasteiger partial charge in [0.15, 0.2) is 0 Å². The van der Waals surface area contributed by atoms with Crippen LogP contribution in [0.2, 0.25) is 0 Å². The average Bonchev–Trinajstić information content (AvgIpc) is 3.17. The topological polar surface area (TPSA) is 99.3 Å². The van der Waals surface area contributed by atoms with Gasteiger partial charge in [-0.05, 0) is 58.9 Å². The van der Waals surface area contributed by atoms with E-state index in [-0.39, 0.29) is 16.0 Å². The quantitative estimate of drug-likeness (QED) is 0.309. The summed E-state index contributed by atoms with van der Waals surface area (Å²) in [5.74, 6) is -1.07. The van der Waals surface area contributed by atoms with Crippen LogP contribution in [0, 0.1) is 0 Å². The van der Waals surface area contributed by atoms with Gasteiger partial charge in [0, 0.05) is 22.2 Å². The molecule has 0 radical (unpaired) electrons. The average molecular weight is 477 g/mol. The van der Waals surface area contributed by atoms with Crippen molar-refractivity contribution in [3.8, 4) is 11.1 Å². The van der Waals surface area contributed by atoms with Crippen molar-refractivity contribution < 1.29 is 18.3 Å². The Kier molecular flexibility index (Phi) is 6.00. The summed E-state index contributed by atoms with van der Waals surface area (Å²) in [6.45, 7) is 8.24. The first-order valence-electron chi connectivity index (χ1n) is 11.1. The molecule has 3 aromatic carbocycles. The number of hydrogen-bond acceptors (Lipinski definition) is 3. The van der Waals surface area contributed by atoms with Crippen molar-refractivity contribution in [3.63, 3.8) is 0 Å². The van der Waals surface area contributed by atoms with Crippen molar-refractivity contribution in [1.82, 2.24) is 4.98 Å². The van der Waals surface area contributed by atoms with E-state index >= 15 is 0 Å². The van der Waals surface area contributed by atoms with E-state index in [0.29, 0.717) is 22.2 Å². The lowest BCUT2D eigenvalue weighted by Gasteiger charge is -2.19. The normalized spacial score (nSPS) is 12.1. The molecular weight excluding hydrogens is 448 g/mol. The molecule has 0 amide bonds. The number of anilines is 1. The number of rotatable bonds is 6. The van der Waals surface area contributed by atoms with Crippen LogP contribution in [0.5, 0.6) is 0 Å². The van der Waals surface area contributed by atoms with Crippen molar-refractivity contribution in [1.29, 1.82) is 0 Å². The van der Waals surface area contributed by atoms with Crippen molar-refractivity contribution in [2.24, 2.45) is 0 Å². The number of fused-ring (bicyclic) bond motifs is 1. The van der Waals surface area contributed by atoms with Crippen LogP contribution < -0.4 is 4.72 Å². The van der Waals surface area contributed by atoms with Gasteiger partial charge in [0.1, 0.15) is 5.69 Å². The molecule has 0 aliphatic heterocycles. The minimum Gasteiger partial charge on any atom is -0.477 e. The monoisotopic (exact) mass is 476 g/mol. The van der Waals surface area contributed by atoms with Crippen LogP contribution >= 0.6 is 0 Å². The number of carboxylic acids is 1. The third-order valence-electron chi connectivity index (χ3n) is 5.92. The summed E-state index contributed by atoms with van der Waals surface area (Å²) < 4.78 is 28.7. The fraction of sp³-hybridized carbons (Fsp3) is 0.222. The van der Waals surface area contributed by atoms with E-state index in [9.17, 15) is 18.3 Å². The van der Waals surface area contributed by atoms with Gasteiger partial charge in [-0.1, -0.05) is 64.1 Å². The molecule has 0 saturated carbocycles. The van der Waals surface area contributed by atoms with Gasteiger partial charge < -0.3 is 10.1 Å². The second-order valence-corrected chi connectivity index (χ2v) is 11.1. The van der Waals surface area contributed by atoms with Crippen LogP contribution in [0.3, 0.4) is 0 Å². The van der Waals surface area contributed by atoms with Crippen molar-refractivity contribution in [3.05, 3.63) is 83.6 Å². The zero-order chi connectivity index (χ0) is 24.7. The summed E-state index contributed by atoms with van der Waals surface area (Å²) >= 11 is 0. The van der Waals surface area contributed by atoms with Crippen LogP contribution in [0.1, 0.15) is 49.3 Å². The summed E-state index contributed by atoms with van der Waals surface area (Å²) in [5.41, 5.74) is 4.39. The number of sulfonamides is 1. The predicted molar refractivity (Wildman–Crippen MR) is 136 cm³/mol. The van der Waals surface area contributed by atoms with Gasteiger partial charge in [0.05, 0.1) is 4.90 Å². The largest absolute Gasteiger partial charge is 0.477 e. The van der Waals surface area contributed by atoms with Crippen LogP contribution in [0.25, 0.3) is 22.0 Å². The van der Waals surface area contributed by atoms with Crippen LogP contribution in [0.4, 0.5) is 5.69 Å².